The zero-order valence-electron chi connectivity index (χ0n) is 14.5. The fourth-order valence-electron chi connectivity index (χ4n) is 3.05. The van der Waals surface area contributed by atoms with Crippen molar-refractivity contribution in [2.45, 2.75) is 63.5 Å². The smallest absolute Gasteiger partial charge is 0.412 e. The zero-order chi connectivity index (χ0) is 18.0. The molecule has 0 unspecified atom stereocenters. The molecule has 0 bridgehead atoms. The van der Waals surface area contributed by atoms with E-state index in [1.807, 2.05) is 0 Å². The van der Waals surface area contributed by atoms with Crippen molar-refractivity contribution in [3.63, 3.8) is 0 Å². The van der Waals surface area contributed by atoms with Gasteiger partial charge in [-0.05, 0) is 64.2 Å². The van der Waals surface area contributed by atoms with Crippen molar-refractivity contribution in [1.29, 1.82) is 0 Å². The number of ether oxygens (including phenoxy) is 1. The van der Waals surface area contributed by atoms with E-state index in [0.29, 0.717) is 31.4 Å². The van der Waals surface area contributed by atoms with Gasteiger partial charge in [-0.2, -0.15) is 0 Å². The van der Waals surface area contributed by atoms with Gasteiger partial charge in [-0.25, -0.2) is 4.79 Å². The number of carbonyl (C=O) groups is 2. The molecular weight excluding hydrogens is 308 g/mol. The van der Waals surface area contributed by atoms with Gasteiger partial charge in [0, 0.05) is 11.7 Å². The molecule has 1 aromatic rings. The largest absolute Gasteiger partial charge is 0.481 e. The van der Waals surface area contributed by atoms with E-state index in [0.717, 1.165) is 5.56 Å². The first-order valence-corrected chi connectivity index (χ1v) is 8.22. The van der Waals surface area contributed by atoms with Crippen molar-refractivity contribution in [1.82, 2.24) is 0 Å². The molecule has 0 atom stereocenters. The maximum absolute atomic E-state index is 11.9. The van der Waals surface area contributed by atoms with Crippen LogP contribution in [0.15, 0.2) is 24.3 Å². The van der Waals surface area contributed by atoms with E-state index >= 15 is 0 Å². The van der Waals surface area contributed by atoms with Crippen LogP contribution in [0.4, 0.5) is 10.5 Å². The Morgan fingerprint density at radius 3 is 2.21 bits per heavy atom. The zero-order valence-corrected chi connectivity index (χ0v) is 14.5. The Balaban J connectivity index is 2.13. The van der Waals surface area contributed by atoms with Gasteiger partial charge < -0.3 is 15.6 Å². The van der Waals surface area contributed by atoms with Crippen molar-refractivity contribution < 1.29 is 19.4 Å². The predicted octanol–water partition coefficient (Wildman–Crippen LogP) is 3.26. The molecule has 0 aliphatic heterocycles. The van der Waals surface area contributed by atoms with Crippen LogP contribution in [0.2, 0.25) is 0 Å². The monoisotopic (exact) mass is 334 g/mol. The fourth-order valence-corrected chi connectivity index (χ4v) is 3.05. The van der Waals surface area contributed by atoms with Crippen LogP contribution in [0.25, 0.3) is 0 Å². The highest BCUT2D eigenvalue weighted by atomic mass is 16.6. The van der Waals surface area contributed by atoms with Crippen molar-refractivity contribution in [2.24, 2.45) is 5.73 Å². The molecule has 6 heteroatoms. The maximum Gasteiger partial charge on any atom is 0.412 e. The molecule has 1 aliphatic carbocycles. The van der Waals surface area contributed by atoms with Crippen LogP contribution >= 0.6 is 0 Å². The summed E-state index contributed by atoms with van der Waals surface area (Å²) in [4.78, 5) is 23.7. The highest BCUT2D eigenvalue weighted by Gasteiger charge is 2.42. The van der Waals surface area contributed by atoms with Crippen LogP contribution in [0, 0.1) is 0 Å². The van der Waals surface area contributed by atoms with Gasteiger partial charge in [0.1, 0.15) is 5.60 Å². The van der Waals surface area contributed by atoms with Crippen molar-refractivity contribution in [3.8, 4) is 0 Å². The van der Waals surface area contributed by atoms with Crippen LogP contribution in [0.5, 0.6) is 0 Å². The molecule has 1 amide bonds. The number of nitrogens with two attached hydrogens (primary N) is 1. The van der Waals surface area contributed by atoms with Gasteiger partial charge in [-0.3, -0.25) is 10.1 Å². The minimum atomic E-state index is -0.889. The molecule has 1 saturated carbocycles. The minimum Gasteiger partial charge on any atom is -0.481 e. The topological polar surface area (TPSA) is 102 Å². The van der Waals surface area contributed by atoms with Crippen molar-refractivity contribution >= 4 is 17.7 Å². The lowest BCUT2D eigenvalue weighted by Crippen LogP contribution is -2.42. The lowest BCUT2D eigenvalue weighted by molar-refractivity contribution is -0.145. The fraction of sp³-hybridized carbons (Fsp3) is 0.556. The molecule has 0 spiro atoms. The number of carboxylic acid groups (broad SMARTS) is 1. The second-order valence-corrected chi connectivity index (χ2v) is 7.43. The van der Waals surface area contributed by atoms with E-state index in [1.165, 1.54) is 0 Å². The Kier molecular flexibility index (Phi) is 5.18. The average molecular weight is 334 g/mol. The predicted molar refractivity (Wildman–Crippen MR) is 92.1 cm³/mol. The van der Waals surface area contributed by atoms with E-state index in [1.54, 1.807) is 45.0 Å². The number of benzene rings is 1. The van der Waals surface area contributed by atoms with E-state index in [-0.39, 0.29) is 6.04 Å². The number of hydrogen-bond donors (Lipinski definition) is 3. The number of carbonyl (C=O) groups excluding carboxylic acids is 1. The highest BCUT2D eigenvalue weighted by Crippen LogP contribution is 2.39. The summed E-state index contributed by atoms with van der Waals surface area (Å²) in [5.41, 5.74) is 5.77. The molecule has 1 fully saturated rings. The number of nitrogens with one attached hydrogen (secondary N) is 1. The number of carboxylic acids is 1. The van der Waals surface area contributed by atoms with Crippen molar-refractivity contribution in [2.75, 3.05) is 5.32 Å². The second-order valence-electron chi connectivity index (χ2n) is 7.43. The molecule has 0 radical (unpaired) electrons. The van der Waals surface area contributed by atoms with Gasteiger partial charge in [0.2, 0.25) is 0 Å². The molecule has 24 heavy (non-hydrogen) atoms. The third-order valence-corrected chi connectivity index (χ3v) is 4.38. The summed E-state index contributed by atoms with van der Waals surface area (Å²) in [6.45, 7) is 5.38. The molecule has 1 aliphatic rings. The standard InChI is InChI=1S/C18H26N2O4/c1-17(2,3)24-16(23)20-14-6-4-12(5-7-14)18(15(21)22)10-8-13(19)9-11-18/h4-7,13H,8-11,19H2,1-3H3,(H,20,23)(H,21,22). The third-order valence-electron chi connectivity index (χ3n) is 4.38. The Morgan fingerprint density at radius 1 is 1.21 bits per heavy atom. The molecule has 0 aromatic heterocycles. The molecule has 4 N–H and O–H groups in total. The minimum absolute atomic E-state index is 0.0746. The normalized spacial score (nSPS) is 24.2. The summed E-state index contributed by atoms with van der Waals surface area (Å²) in [6, 6.07) is 7.01. The Bertz CT molecular complexity index is 596. The second kappa shape index (κ2) is 6.81. The average Bonchev–Trinajstić information content (AvgIpc) is 2.47. The number of anilines is 1. The summed E-state index contributed by atoms with van der Waals surface area (Å²) in [5, 5.41) is 12.4. The summed E-state index contributed by atoms with van der Waals surface area (Å²) in [6.07, 6.45) is 1.92. The lowest BCUT2D eigenvalue weighted by atomic mass is 9.68. The van der Waals surface area contributed by atoms with Gasteiger partial charge in [0.05, 0.1) is 5.41 Å². The van der Waals surface area contributed by atoms with Gasteiger partial charge >= 0.3 is 12.1 Å². The first kappa shape index (κ1) is 18.3. The van der Waals surface area contributed by atoms with Crippen LogP contribution in [-0.4, -0.2) is 28.8 Å². The van der Waals surface area contributed by atoms with Gasteiger partial charge in [-0.1, -0.05) is 12.1 Å². The summed E-state index contributed by atoms with van der Waals surface area (Å²) >= 11 is 0. The molecule has 6 nitrogen and oxygen atoms in total. The Hall–Kier alpha value is -2.08. The first-order chi connectivity index (χ1) is 11.1. The first-order valence-electron chi connectivity index (χ1n) is 8.22. The Morgan fingerprint density at radius 2 is 1.75 bits per heavy atom. The Labute approximate surface area is 142 Å². The molecule has 2 rings (SSSR count). The van der Waals surface area contributed by atoms with Crippen LogP contribution < -0.4 is 11.1 Å². The molecule has 1 aromatic carbocycles. The molecular formula is C18H26N2O4. The van der Waals surface area contributed by atoms with Crippen LogP contribution in [0.1, 0.15) is 52.0 Å². The lowest BCUT2D eigenvalue weighted by Gasteiger charge is -2.36. The summed E-state index contributed by atoms with van der Waals surface area (Å²) < 4.78 is 5.20. The van der Waals surface area contributed by atoms with Crippen molar-refractivity contribution in [3.05, 3.63) is 29.8 Å². The molecule has 0 heterocycles. The number of hydrogen-bond acceptors (Lipinski definition) is 4. The SMILES string of the molecule is CC(C)(C)OC(=O)Nc1ccc(C2(C(=O)O)CCC(N)CC2)cc1. The molecule has 132 valence electrons. The highest BCUT2D eigenvalue weighted by molar-refractivity contribution is 5.85. The van der Waals surface area contributed by atoms with E-state index in [4.69, 9.17) is 10.5 Å². The third kappa shape index (κ3) is 4.26. The van der Waals surface area contributed by atoms with E-state index < -0.39 is 23.1 Å². The maximum atomic E-state index is 11.9. The molecule has 0 saturated heterocycles. The quantitative estimate of drug-likeness (QED) is 0.787. The van der Waals surface area contributed by atoms with E-state index in [9.17, 15) is 14.7 Å². The number of aliphatic carboxylic acids is 1. The van der Waals surface area contributed by atoms with E-state index in [2.05, 4.69) is 5.32 Å². The van der Waals surface area contributed by atoms with Crippen LogP contribution in [0.3, 0.4) is 0 Å². The van der Waals surface area contributed by atoms with Crippen LogP contribution in [-0.2, 0) is 14.9 Å². The number of rotatable bonds is 3. The van der Waals surface area contributed by atoms with Gasteiger partial charge in [-0.15, -0.1) is 0 Å². The van der Waals surface area contributed by atoms with Gasteiger partial charge in [0.15, 0.2) is 0 Å². The summed E-state index contributed by atoms with van der Waals surface area (Å²) in [5.74, 6) is -0.817. The van der Waals surface area contributed by atoms with Gasteiger partial charge in [0.25, 0.3) is 0 Å². The summed E-state index contributed by atoms with van der Waals surface area (Å²) in [7, 11) is 0. The number of amides is 1.